The van der Waals surface area contributed by atoms with E-state index in [2.05, 4.69) is 43.3 Å². The average Bonchev–Trinajstić information content (AvgIpc) is 3.38. The van der Waals surface area contributed by atoms with E-state index in [1.807, 2.05) is 54.6 Å². The van der Waals surface area contributed by atoms with Crippen molar-refractivity contribution >= 4 is 5.97 Å². The van der Waals surface area contributed by atoms with Gasteiger partial charge in [-0.15, -0.1) is 0 Å². The summed E-state index contributed by atoms with van der Waals surface area (Å²) in [5.74, 6) is -0.139. The standard InChI is InChI=1S/C55H86O14/c1-2-3-4-5-6-7-8-9-19-26-54(56)68-49-47-66-45-43-64-41-39-62-37-35-60-33-31-58-29-27-57-28-30-59-32-34-61-36-38-63-40-42-65-44-46-67-48-50-69-55(51-20-13-10-14-21-51,52-22-15-11-16-23-52)53-24-17-12-18-25-53/h10-18,20-25H,2-9,19,26-50H2,1H3. The van der Waals surface area contributed by atoms with Crippen LogP contribution in [0.2, 0.25) is 0 Å². The maximum atomic E-state index is 11.8. The van der Waals surface area contributed by atoms with Crippen molar-refractivity contribution in [2.45, 2.75) is 76.7 Å². The summed E-state index contributed by atoms with van der Waals surface area (Å²) in [6.45, 7) is 13.4. The maximum Gasteiger partial charge on any atom is 0.305 e. The highest BCUT2D eigenvalue weighted by Crippen LogP contribution is 2.40. The van der Waals surface area contributed by atoms with Gasteiger partial charge in [0.05, 0.1) is 152 Å². The number of carbonyl (C=O) groups is 1. The van der Waals surface area contributed by atoms with Crippen molar-refractivity contribution in [2.75, 3.05) is 159 Å². The third-order valence-electron chi connectivity index (χ3n) is 10.8. The largest absolute Gasteiger partial charge is 0.463 e. The first kappa shape index (κ1) is 60.0. The number of esters is 1. The fraction of sp³-hybridized carbons (Fsp3) is 0.655. The number of benzene rings is 3. The molecule has 0 amide bonds. The van der Waals surface area contributed by atoms with Crippen molar-refractivity contribution < 1.29 is 66.4 Å². The molecule has 0 aliphatic carbocycles. The van der Waals surface area contributed by atoms with Gasteiger partial charge in [0.15, 0.2) is 0 Å². The van der Waals surface area contributed by atoms with E-state index in [0.717, 1.165) is 29.5 Å². The molecule has 0 aromatic heterocycles. The first-order valence-corrected chi connectivity index (χ1v) is 25.6. The summed E-state index contributed by atoms with van der Waals surface area (Å²) >= 11 is 0. The molecule has 0 aliphatic rings. The molecule has 0 saturated heterocycles. The molecule has 0 atom stereocenters. The Balaban J connectivity index is 0.966. The molecule has 0 unspecified atom stereocenters. The van der Waals surface area contributed by atoms with Crippen molar-refractivity contribution in [1.29, 1.82) is 0 Å². The minimum atomic E-state index is -0.758. The molecule has 0 saturated carbocycles. The molecule has 0 bridgehead atoms. The molecule has 0 spiro atoms. The molecule has 69 heavy (non-hydrogen) atoms. The Morgan fingerprint density at radius 3 is 0.855 bits per heavy atom. The highest BCUT2D eigenvalue weighted by molar-refractivity contribution is 5.69. The molecule has 0 heterocycles. The Kier molecular flexibility index (Phi) is 38.7. The highest BCUT2D eigenvalue weighted by Gasteiger charge is 2.37. The normalized spacial score (nSPS) is 11.7. The summed E-state index contributed by atoms with van der Waals surface area (Å²) in [5, 5.41) is 0. The van der Waals surface area contributed by atoms with Gasteiger partial charge in [-0.1, -0.05) is 149 Å². The molecule has 0 N–H and O–H groups in total. The lowest BCUT2D eigenvalue weighted by Gasteiger charge is -2.36. The molecular formula is C55H86O14. The molecule has 0 fully saturated rings. The van der Waals surface area contributed by atoms with Crippen LogP contribution in [0.25, 0.3) is 0 Å². The van der Waals surface area contributed by atoms with Crippen LogP contribution in [0.3, 0.4) is 0 Å². The lowest BCUT2D eigenvalue weighted by molar-refractivity contribution is -0.145. The first-order chi connectivity index (χ1) is 34.3. The van der Waals surface area contributed by atoms with Gasteiger partial charge < -0.3 is 61.6 Å². The number of rotatable bonds is 50. The second kappa shape index (κ2) is 44.6. The van der Waals surface area contributed by atoms with E-state index in [-0.39, 0.29) is 12.6 Å². The Hall–Kier alpha value is -3.35. The van der Waals surface area contributed by atoms with E-state index in [9.17, 15) is 4.79 Å². The van der Waals surface area contributed by atoms with E-state index >= 15 is 0 Å². The highest BCUT2D eigenvalue weighted by atomic mass is 16.6. The van der Waals surface area contributed by atoms with Crippen LogP contribution in [0.1, 0.15) is 87.8 Å². The minimum Gasteiger partial charge on any atom is -0.463 e. The van der Waals surface area contributed by atoms with Gasteiger partial charge in [0.25, 0.3) is 0 Å². The summed E-state index contributed by atoms with van der Waals surface area (Å²) in [6, 6.07) is 31.0. The SMILES string of the molecule is CCCCCCCCCCCC(=O)OCCOCCOCCOCCOCCOCCOCCOCCOCCOCCOCCOCCOC(c1ccccc1)(c1ccccc1)c1ccccc1. The van der Waals surface area contributed by atoms with Crippen LogP contribution in [0.15, 0.2) is 91.0 Å². The summed E-state index contributed by atoms with van der Waals surface area (Å²) in [6.07, 6.45) is 11.6. The van der Waals surface area contributed by atoms with Gasteiger partial charge in [-0.05, 0) is 23.1 Å². The van der Waals surface area contributed by atoms with Gasteiger partial charge in [-0.2, -0.15) is 0 Å². The lowest BCUT2D eigenvalue weighted by Crippen LogP contribution is -2.34. The van der Waals surface area contributed by atoms with Gasteiger partial charge in [-0.25, -0.2) is 0 Å². The van der Waals surface area contributed by atoms with Crippen molar-refractivity contribution in [3.8, 4) is 0 Å². The van der Waals surface area contributed by atoms with E-state index in [1.165, 1.54) is 44.9 Å². The Morgan fingerprint density at radius 2 is 0.565 bits per heavy atom. The van der Waals surface area contributed by atoms with Crippen molar-refractivity contribution in [3.63, 3.8) is 0 Å². The molecule has 3 aromatic carbocycles. The third kappa shape index (κ3) is 30.9. The molecule has 3 aromatic rings. The third-order valence-corrected chi connectivity index (χ3v) is 10.8. The Morgan fingerprint density at radius 1 is 0.319 bits per heavy atom. The Labute approximate surface area is 414 Å². The Bertz CT molecular complexity index is 1440. The van der Waals surface area contributed by atoms with Crippen LogP contribution >= 0.6 is 0 Å². The topological polar surface area (TPSA) is 137 Å². The fourth-order valence-electron chi connectivity index (χ4n) is 7.19. The molecule has 14 heteroatoms. The zero-order valence-corrected chi connectivity index (χ0v) is 41.9. The number of hydrogen-bond donors (Lipinski definition) is 0. The van der Waals surface area contributed by atoms with Crippen molar-refractivity contribution in [2.24, 2.45) is 0 Å². The molecule has 0 aliphatic heterocycles. The van der Waals surface area contributed by atoms with Crippen LogP contribution in [0.5, 0.6) is 0 Å². The van der Waals surface area contributed by atoms with E-state index in [1.54, 1.807) is 0 Å². The van der Waals surface area contributed by atoms with Gasteiger partial charge in [-0.3, -0.25) is 4.79 Å². The summed E-state index contributed by atoms with van der Waals surface area (Å²) in [5.41, 5.74) is 2.43. The maximum absolute atomic E-state index is 11.8. The molecule has 390 valence electrons. The second-order valence-electron chi connectivity index (χ2n) is 16.2. The predicted molar refractivity (Wildman–Crippen MR) is 267 cm³/mol. The zero-order chi connectivity index (χ0) is 48.7. The van der Waals surface area contributed by atoms with Crippen LogP contribution in [-0.4, -0.2) is 165 Å². The molecule has 0 radical (unpaired) electrons. The summed E-state index contributed by atoms with van der Waals surface area (Å²) in [7, 11) is 0. The van der Waals surface area contributed by atoms with Crippen LogP contribution < -0.4 is 0 Å². The van der Waals surface area contributed by atoms with E-state index in [4.69, 9.17) is 61.6 Å². The van der Waals surface area contributed by atoms with Crippen molar-refractivity contribution in [1.82, 2.24) is 0 Å². The number of unbranched alkanes of at least 4 members (excludes halogenated alkanes) is 8. The van der Waals surface area contributed by atoms with Gasteiger partial charge in [0.1, 0.15) is 12.2 Å². The minimum absolute atomic E-state index is 0.139. The lowest BCUT2D eigenvalue weighted by atomic mass is 9.80. The predicted octanol–water partition coefficient (Wildman–Crippen LogP) is 8.64. The quantitative estimate of drug-likeness (QED) is 0.0303. The van der Waals surface area contributed by atoms with Gasteiger partial charge in [0, 0.05) is 6.42 Å². The molecule has 14 nitrogen and oxygen atoms in total. The fourth-order valence-corrected chi connectivity index (χ4v) is 7.19. The van der Waals surface area contributed by atoms with E-state index in [0.29, 0.717) is 158 Å². The molecule has 3 rings (SSSR count). The number of carbonyl (C=O) groups excluding carboxylic acids is 1. The summed E-state index contributed by atoms with van der Waals surface area (Å²) in [4.78, 5) is 11.8. The van der Waals surface area contributed by atoms with Gasteiger partial charge >= 0.3 is 5.97 Å². The number of hydrogen-bond acceptors (Lipinski definition) is 14. The molecular weight excluding hydrogens is 885 g/mol. The number of ether oxygens (including phenoxy) is 13. The zero-order valence-electron chi connectivity index (χ0n) is 41.9. The monoisotopic (exact) mass is 971 g/mol. The van der Waals surface area contributed by atoms with Crippen LogP contribution in [0, 0.1) is 0 Å². The second-order valence-corrected chi connectivity index (χ2v) is 16.2. The smallest absolute Gasteiger partial charge is 0.305 e. The average molecular weight is 971 g/mol. The summed E-state index contributed by atoms with van der Waals surface area (Å²) < 4.78 is 73.3. The van der Waals surface area contributed by atoms with Gasteiger partial charge in [0.2, 0.25) is 0 Å². The first-order valence-electron chi connectivity index (χ1n) is 25.6. The van der Waals surface area contributed by atoms with E-state index < -0.39 is 5.60 Å². The van der Waals surface area contributed by atoms with Crippen molar-refractivity contribution in [3.05, 3.63) is 108 Å². The van der Waals surface area contributed by atoms with Crippen LogP contribution in [0.4, 0.5) is 0 Å². The van der Waals surface area contributed by atoms with Crippen LogP contribution in [-0.2, 0) is 72.0 Å².